The van der Waals surface area contributed by atoms with Crippen molar-refractivity contribution >= 4 is 76.9 Å². The molecule has 4 rings (SSSR count). The number of nitrogens with zero attached hydrogens (tertiary/aromatic N) is 1. The van der Waals surface area contributed by atoms with Gasteiger partial charge in [-0.25, -0.2) is 0 Å². The van der Waals surface area contributed by atoms with Gasteiger partial charge in [-0.15, -0.1) is 0 Å². The lowest BCUT2D eigenvalue weighted by molar-refractivity contribution is -0.139. The van der Waals surface area contributed by atoms with E-state index in [1.807, 2.05) is 12.2 Å². The summed E-state index contributed by atoms with van der Waals surface area (Å²) in [4.78, 5) is 165. The quantitative estimate of drug-likeness (QED) is 0.0180. The van der Waals surface area contributed by atoms with Crippen LogP contribution in [0.15, 0.2) is 77.5 Å². The van der Waals surface area contributed by atoms with Crippen LogP contribution in [0.5, 0.6) is 5.75 Å². The number of carbonyl (C=O) groups is 12. The number of nitrogens with two attached hydrogens (primary N) is 4. The molecular formula is C59H87N15O15. The average Bonchev–Trinajstić information content (AvgIpc) is 4.45. The number of phenolic OH excluding ortho intramolecular Hbond substituents is 1. The molecule has 9 atom stereocenters. The van der Waals surface area contributed by atoms with Crippen molar-refractivity contribution in [1.29, 1.82) is 0 Å². The van der Waals surface area contributed by atoms with E-state index in [4.69, 9.17) is 22.9 Å². The van der Waals surface area contributed by atoms with Gasteiger partial charge >= 0.3 is 5.97 Å². The molecule has 89 heavy (non-hydrogen) atoms. The number of aliphatic hydroxyl groups is 1. The first kappa shape index (κ1) is 72.1. The molecule has 2 aliphatic carbocycles. The Morgan fingerprint density at radius 2 is 1.21 bits per heavy atom. The zero-order valence-corrected chi connectivity index (χ0v) is 50.2. The molecule has 1 aliphatic heterocycles. The Labute approximate surface area is 515 Å². The largest absolute Gasteiger partial charge is 0.508 e. The molecule has 1 heterocycles. The van der Waals surface area contributed by atoms with Gasteiger partial charge in [-0.1, -0.05) is 88.0 Å². The molecular weight excluding hydrogens is 1160 g/mol. The number of aromatic hydroxyl groups is 1. The molecule has 0 bridgehead atoms. The first-order chi connectivity index (χ1) is 42.2. The van der Waals surface area contributed by atoms with Crippen molar-refractivity contribution < 1.29 is 72.9 Å². The predicted molar refractivity (Wildman–Crippen MR) is 324 cm³/mol. The van der Waals surface area contributed by atoms with Crippen molar-refractivity contribution in [3.8, 4) is 5.75 Å². The Morgan fingerprint density at radius 1 is 0.652 bits per heavy atom. The van der Waals surface area contributed by atoms with Crippen LogP contribution in [0.4, 0.5) is 0 Å². The van der Waals surface area contributed by atoms with Crippen molar-refractivity contribution in [2.75, 3.05) is 19.6 Å². The minimum Gasteiger partial charge on any atom is -0.508 e. The molecule has 0 radical (unpaired) electrons. The highest BCUT2D eigenvalue weighted by Gasteiger charge is 2.38. The average molecular weight is 1250 g/mol. The lowest BCUT2D eigenvalue weighted by atomic mass is 9.84. The SMILES string of the molecule is C=C1/C=C\C=C/CNC=C1C[C@H](NC(=O)[C@H](CCCN=C(N)N)NC(=O)[C@H](CC1CC1)NC(=O)CNC(=O)[C@H](CC1CCCCC1)NC(=O)[C@@H](NC(=O)[C@H](CC(N)=O)NC(=O)[C@H](CCC(=O)O)NC(=O)[C@@H](Cc1ccc(O)cc1)NC(C)=O)[C@@H](C)O)C(N)=O. The van der Waals surface area contributed by atoms with Crippen molar-refractivity contribution in [3.63, 3.8) is 0 Å². The number of aliphatic imine (C=N–C) groups is 1. The third-order valence-corrected chi connectivity index (χ3v) is 14.8. The van der Waals surface area contributed by atoms with Gasteiger partial charge in [0.1, 0.15) is 54.1 Å². The molecule has 30 nitrogen and oxygen atoms in total. The highest BCUT2D eigenvalue weighted by atomic mass is 16.4. The van der Waals surface area contributed by atoms with Crippen LogP contribution in [0.3, 0.4) is 0 Å². The van der Waals surface area contributed by atoms with Gasteiger partial charge in [-0.2, -0.15) is 0 Å². The Hall–Kier alpha value is -9.35. The molecule has 0 unspecified atom stereocenters. The number of carboxylic acid groups (broad SMARTS) is 1. The number of hydrogen-bond donors (Lipinski definition) is 17. The van der Waals surface area contributed by atoms with Crippen molar-refractivity contribution in [2.45, 2.75) is 171 Å². The van der Waals surface area contributed by atoms with Gasteiger partial charge in [0.05, 0.1) is 19.1 Å². The summed E-state index contributed by atoms with van der Waals surface area (Å²) in [5.41, 5.74) is 23.9. The summed E-state index contributed by atoms with van der Waals surface area (Å²) in [6.07, 6.45) is 10.6. The summed E-state index contributed by atoms with van der Waals surface area (Å²) in [5.74, 6) is -12.0. The molecule has 11 amide bonds. The van der Waals surface area contributed by atoms with Gasteiger partial charge in [0.15, 0.2) is 5.96 Å². The standard InChI is InChI=1S/C59H87N15O15/c1-32-11-6-5-9-23-64-30-38(32)28-42(51(61)82)71-53(84)40(14-10-24-65-59(62)63)69-56(87)45(27-36-15-16-36)68-48(79)31-66-52(83)43(25-35-12-7-4-8-13-35)73-58(89)50(33(2)75)74-57(88)46(29-47(60)78)72-54(85)41(21-22-49(80)81)70-55(86)44(67-34(3)76)26-37-17-19-39(77)20-18-37/h5-6,9,11,17-20,30,33,35-36,40-46,50,64,75,77H,1,4,7-8,10,12-16,21-29,31H2,2-3H3,(H2,60,78)(H2,61,82)(H,66,83)(H,67,76)(H,68,79)(H,69,87)(H,70,86)(H,71,84)(H,72,85)(H,73,89)(H,74,88)(H,80,81)(H4,62,63,65)/b9-5-,11-6-,38-30?/t33-,40+,41+,42+,43+,44-,45+,46+,50+/m1/s1. The molecule has 3 aliphatic rings. The number of nitrogens with one attached hydrogen (secondary N) is 10. The minimum absolute atomic E-state index is 0.0182. The molecule has 0 saturated heterocycles. The maximum absolute atomic E-state index is 14.2. The van der Waals surface area contributed by atoms with E-state index in [-0.39, 0.29) is 68.6 Å². The molecule has 488 valence electrons. The summed E-state index contributed by atoms with van der Waals surface area (Å²) in [7, 11) is 0. The van der Waals surface area contributed by atoms with Gasteiger partial charge in [0, 0.05) is 45.5 Å². The monoisotopic (exact) mass is 1250 g/mol. The van der Waals surface area contributed by atoms with Gasteiger partial charge < -0.3 is 91.4 Å². The van der Waals surface area contributed by atoms with E-state index in [0.29, 0.717) is 36.1 Å². The van der Waals surface area contributed by atoms with Crippen molar-refractivity contribution in [3.05, 3.63) is 78.1 Å². The Bertz CT molecular complexity index is 2830. The van der Waals surface area contributed by atoms with Gasteiger partial charge in [-0.3, -0.25) is 62.5 Å². The Morgan fingerprint density at radius 3 is 1.80 bits per heavy atom. The highest BCUT2D eigenvalue weighted by Crippen LogP contribution is 2.34. The van der Waals surface area contributed by atoms with Gasteiger partial charge in [0.2, 0.25) is 65.0 Å². The van der Waals surface area contributed by atoms with Crippen LogP contribution >= 0.6 is 0 Å². The second kappa shape index (κ2) is 36.7. The Balaban J connectivity index is 1.49. The number of rotatable bonds is 36. The van der Waals surface area contributed by atoms with Gasteiger partial charge in [-0.05, 0) is 79.7 Å². The number of aliphatic hydroxyl groups excluding tert-OH is 1. The van der Waals surface area contributed by atoms with Crippen LogP contribution < -0.4 is 76.1 Å². The fraction of sp³-hybridized carbons (Fsp3) is 0.542. The van der Waals surface area contributed by atoms with Crippen LogP contribution in [-0.2, 0) is 64.0 Å². The normalized spacial score (nSPS) is 17.7. The van der Waals surface area contributed by atoms with E-state index in [1.54, 1.807) is 18.4 Å². The number of primary amides is 2. The lowest BCUT2D eigenvalue weighted by Gasteiger charge is -2.29. The summed E-state index contributed by atoms with van der Waals surface area (Å²) in [6, 6.07) is -6.28. The number of hydrogen-bond acceptors (Lipinski definition) is 16. The molecule has 30 heteroatoms. The smallest absolute Gasteiger partial charge is 0.303 e. The van der Waals surface area contributed by atoms with Crippen LogP contribution in [-0.4, -0.2) is 166 Å². The van der Waals surface area contributed by atoms with Crippen LogP contribution in [0.2, 0.25) is 0 Å². The van der Waals surface area contributed by atoms with E-state index in [0.717, 1.165) is 46.0 Å². The van der Waals surface area contributed by atoms with Crippen LogP contribution in [0.1, 0.15) is 116 Å². The molecule has 21 N–H and O–H groups in total. The van der Waals surface area contributed by atoms with E-state index in [9.17, 15) is 72.9 Å². The second-order valence-corrected chi connectivity index (χ2v) is 22.5. The number of guanidine groups is 1. The summed E-state index contributed by atoms with van der Waals surface area (Å²) in [5, 5.41) is 55.6. The Kier molecular flexibility index (Phi) is 29.8. The highest BCUT2D eigenvalue weighted by molar-refractivity contribution is 5.99. The van der Waals surface area contributed by atoms with E-state index in [1.165, 1.54) is 24.3 Å². The molecule has 0 aromatic heterocycles. The minimum atomic E-state index is -1.90. The third kappa shape index (κ3) is 27.1. The zero-order chi connectivity index (χ0) is 65.7. The molecule has 0 spiro atoms. The number of phenols is 1. The fourth-order valence-electron chi connectivity index (χ4n) is 9.89. The second-order valence-electron chi connectivity index (χ2n) is 22.5. The number of amides is 11. The van der Waals surface area contributed by atoms with Crippen LogP contribution in [0.25, 0.3) is 0 Å². The number of allylic oxidation sites excluding steroid dienone is 4. The lowest BCUT2D eigenvalue weighted by Crippen LogP contribution is -2.61. The first-order valence-corrected chi connectivity index (χ1v) is 29.6. The zero-order valence-electron chi connectivity index (χ0n) is 50.2. The topological polar surface area (TPSA) is 502 Å². The predicted octanol–water partition coefficient (Wildman–Crippen LogP) is -3.07. The van der Waals surface area contributed by atoms with E-state index < -0.39 is 151 Å². The van der Waals surface area contributed by atoms with E-state index in [2.05, 4.69) is 64.7 Å². The van der Waals surface area contributed by atoms with Crippen LogP contribution in [0, 0.1) is 11.8 Å². The first-order valence-electron chi connectivity index (χ1n) is 29.6. The summed E-state index contributed by atoms with van der Waals surface area (Å²) < 4.78 is 0. The number of carbonyl (C=O) groups excluding carboxylic acids is 11. The molecule has 1 aromatic rings. The molecule has 1 aromatic carbocycles. The number of carboxylic acids is 1. The van der Waals surface area contributed by atoms with E-state index >= 15 is 0 Å². The maximum Gasteiger partial charge on any atom is 0.303 e. The number of aliphatic carboxylic acids is 1. The summed E-state index contributed by atoms with van der Waals surface area (Å²) in [6.45, 7) is 6.15. The molecule has 2 saturated carbocycles. The maximum atomic E-state index is 14.2. The fourth-order valence-corrected chi connectivity index (χ4v) is 9.89. The molecule has 2 fully saturated rings. The van der Waals surface area contributed by atoms with Crippen molar-refractivity contribution in [1.82, 2.24) is 53.2 Å². The van der Waals surface area contributed by atoms with Gasteiger partial charge in [0.25, 0.3) is 0 Å². The number of benzene rings is 1. The summed E-state index contributed by atoms with van der Waals surface area (Å²) >= 11 is 0. The van der Waals surface area contributed by atoms with Crippen molar-refractivity contribution in [2.24, 2.45) is 39.8 Å². The third-order valence-electron chi connectivity index (χ3n) is 14.8.